The van der Waals surface area contributed by atoms with Crippen LogP contribution in [0, 0.1) is 13.8 Å². The van der Waals surface area contributed by atoms with Crippen LogP contribution in [0.1, 0.15) is 17.5 Å². The molecule has 10 heteroatoms. The number of nitrogens with one attached hydrogen (secondary N) is 3. The topological polar surface area (TPSA) is 105 Å². The third kappa shape index (κ3) is 6.31. The van der Waals surface area contributed by atoms with Gasteiger partial charge >= 0.3 is 6.03 Å². The lowest BCUT2D eigenvalue weighted by molar-refractivity contribution is 0.241. The molecule has 0 radical (unpaired) electrons. The number of urea groups is 1. The van der Waals surface area contributed by atoms with Crippen LogP contribution in [0.4, 0.5) is 9.93 Å². The molecule has 1 aromatic carbocycles. The molecule has 0 bridgehead atoms. The first-order valence-electron chi connectivity index (χ1n) is 7.63. The highest BCUT2D eigenvalue weighted by molar-refractivity contribution is 7.84. The van der Waals surface area contributed by atoms with E-state index in [4.69, 9.17) is 4.74 Å². The van der Waals surface area contributed by atoms with Crippen LogP contribution < -0.4 is 20.9 Å². The predicted molar refractivity (Wildman–Crippen MR) is 98.4 cm³/mol. The number of aryl methyl sites for hydroxylation is 2. The number of hydrogen-bond donors (Lipinski definition) is 3. The summed E-state index contributed by atoms with van der Waals surface area (Å²) in [5.74, 6) is 0.858. The lowest BCUT2D eigenvalue weighted by Crippen LogP contribution is -2.39. The molecule has 1 heterocycles. The van der Waals surface area contributed by atoms with Crippen LogP contribution in [0.3, 0.4) is 0 Å². The first-order chi connectivity index (χ1) is 12.0. The van der Waals surface area contributed by atoms with Crippen molar-refractivity contribution in [2.24, 2.45) is 0 Å². The number of amides is 2. The molecule has 2 aromatic rings. The highest BCUT2D eigenvalue weighted by Crippen LogP contribution is 2.18. The summed E-state index contributed by atoms with van der Waals surface area (Å²) in [5.41, 5.74) is 7.35. The van der Waals surface area contributed by atoms with Crippen LogP contribution in [0.25, 0.3) is 0 Å². The van der Waals surface area contributed by atoms with Crippen LogP contribution in [0.2, 0.25) is 0 Å². The first-order valence-corrected chi connectivity index (χ1v) is 9.96. The zero-order chi connectivity index (χ0) is 18.2. The van der Waals surface area contributed by atoms with Crippen molar-refractivity contribution in [3.8, 4) is 5.75 Å². The lowest BCUT2D eigenvalue weighted by Gasteiger charge is -2.10. The highest BCUT2D eigenvalue weighted by Gasteiger charge is 2.07. The largest absolute Gasteiger partial charge is 0.493 e. The maximum absolute atomic E-state index is 11.7. The molecule has 0 spiro atoms. The van der Waals surface area contributed by atoms with Gasteiger partial charge in [-0.25, -0.2) is 10.2 Å². The second-order valence-electron chi connectivity index (χ2n) is 5.31. The van der Waals surface area contributed by atoms with Crippen LogP contribution in [0.15, 0.2) is 23.4 Å². The SMILES string of the molecule is Cc1ccc(OCCCNC(=O)NNc2nc(S(C)=O)ns2)c(C)c1. The van der Waals surface area contributed by atoms with Gasteiger partial charge in [0.1, 0.15) is 5.75 Å². The molecule has 3 N–H and O–H groups in total. The van der Waals surface area contributed by atoms with Crippen LogP contribution in [0.5, 0.6) is 5.75 Å². The summed E-state index contributed by atoms with van der Waals surface area (Å²) in [7, 11) is -1.24. The molecule has 2 rings (SSSR count). The van der Waals surface area contributed by atoms with E-state index in [0.29, 0.717) is 24.7 Å². The summed E-state index contributed by atoms with van der Waals surface area (Å²) >= 11 is 1.02. The summed E-state index contributed by atoms with van der Waals surface area (Å²) in [6.45, 7) is 5.03. The zero-order valence-corrected chi connectivity index (χ0v) is 15.9. The Morgan fingerprint density at radius 3 is 2.84 bits per heavy atom. The number of hydrazine groups is 1. The van der Waals surface area contributed by atoms with Gasteiger partial charge in [-0.1, -0.05) is 17.7 Å². The number of ether oxygens (including phenoxy) is 1. The number of benzene rings is 1. The van der Waals surface area contributed by atoms with Gasteiger partial charge in [0, 0.05) is 24.3 Å². The Morgan fingerprint density at radius 1 is 1.36 bits per heavy atom. The number of anilines is 1. The van der Waals surface area contributed by atoms with Gasteiger partial charge < -0.3 is 10.1 Å². The summed E-state index contributed by atoms with van der Waals surface area (Å²) < 4.78 is 20.8. The van der Waals surface area contributed by atoms with E-state index in [-0.39, 0.29) is 11.2 Å². The Hall–Kier alpha value is -2.20. The fourth-order valence-electron chi connectivity index (χ4n) is 1.95. The quantitative estimate of drug-likeness (QED) is 0.476. The van der Waals surface area contributed by atoms with Crippen molar-refractivity contribution in [2.75, 3.05) is 24.8 Å². The molecule has 8 nitrogen and oxygen atoms in total. The summed E-state index contributed by atoms with van der Waals surface area (Å²) in [6.07, 6.45) is 2.17. The normalized spacial score (nSPS) is 11.6. The van der Waals surface area contributed by atoms with Crippen molar-refractivity contribution in [1.82, 2.24) is 20.1 Å². The monoisotopic (exact) mass is 383 g/mol. The second-order valence-corrected chi connectivity index (χ2v) is 7.34. The Morgan fingerprint density at radius 2 is 2.16 bits per heavy atom. The standard InChI is InChI=1S/C15H21N5O3S2/c1-10-5-6-12(11(2)9-10)23-8-4-7-16-13(21)18-19-14-17-15(20-24-14)25(3)22/h5-6,9H,4,7-8H2,1-3H3,(H2,16,18,21)(H,17,19,20). The Labute approximate surface area is 153 Å². The van der Waals surface area contributed by atoms with E-state index >= 15 is 0 Å². The zero-order valence-electron chi connectivity index (χ0n) is 14.3. The van der Waals surface area contributed by atoms with Crippen molar-refractivity contribution in [1.29, 1.82) is 0 Å². The smallest absolute Gasteiger partial charge is 0.333 e. The Kier molecular flexibility index (Phi) is 7.14. The Bertz CT molecular complexity index is 751. The van der Waals surface area contributed by atoms with Gasteiger partial charge in [-0.3, -0.25) is 9.63 Å². The van der Waals surface area contributed by atoms with Gasteiger partial charge in [0.2, 0.25) is 10.3 Å². The minimum atomic E-state index is -1.24. The third-order valence-corrected chi connectivity index (χ3v) is 4.59. The molecule has 0 aliphatic heterocycles. The molecule has 0 fully saturated rings. The van der Waals surface area contributed by atoms with Gasteiger partial charge in [-0.15, -0.1) is 0 Å². The fourth-order valence-corrected chi connectivity index (χ4v) is 3.19. The number of nitrogens with zero attached hydrogens (tertiary/aromatic N) is 2. The van der Waals surface area contributed by atoms with Gasteiger partial charge in [0.25, 0.3) is 0 Å². The van der Waals surface area contributed by atoms with E-state index in [0.717, 1.165) is 22.8 Å². The maximum atomic E-state index is 11.7. The summed E-state index contributed by atoms with van der Waals surface area (Å²) in [5, 5.41) is 3.30. The van der Waals surface area contributed by atoms with E-state index in [1.807, 2.05) is 26.0 Å². The second kappa shape index (κ2) is 9.33. The molecule has 1 unspecified atom stereocenters. The summed E-state index contributed by atoms with van der Waals surface area (Å²) in [4.78, 5) is 15.6. The van der Waals surface area contributed by atoms with Crippen LogP contribution in [-0.2, 0) is 10.8 Å². The number of carbonyl (C=O) groups excluding carboxylic acids is 1. The average molecular weight is 383 g/mol. The van der Waals surface area contributed by atoms with Crippen LogP contribution in [-0.4, -0.2) is 39.0 Å². The van der Waals surface area contributed by atoms with Gasteiger partial charge in [-0.2, -0.15) is 9.36 Å². The number of carbonyl (C=O) groups is 1. The molecule has 0 aliphatic carbocycles. The first kappa shape index (κ1) is 19.1. The van der Waals surface area contributed by atoms with E-state index < -0.39 is 10.8 Å². The summed E-state index contributed by atoms with van der Waals surface area (Å²) in [6, 6.07) is 5.64. The molecular formula is C15H21N5O3S2. The molecule has 1 aromatic heterocycles. The average Bonchev–Trinajstić information content (AvgIpc) is 3.04. The third-order valence-electron chi connectivity index (χ3n) is 3.14. The van der Waals surface area contributed by atoms with E-state index in [2.05, 4.69) is 31.6 Å². The maximum Gasteiger partial charge on any atom is 0.333 e. The van der Waals surface area contributed by atoms with E-state index in [9.17, 15) is 9.00 Å². The van der Waals surface area contributed by atoms with Crippen LogP contribution >= 0.6 is 11.5 Å². The molecule has 0 saturated carbocycles. The molecule has 0 aliphatic rings. The minimum Gasteiger partial charge on any atom is -0.493 e. The van der Waals surface area contributed by atoms with Gasteiger partial charge in [0.05, 0.1) is 17.4 Å². The van der Waals surface area contributed by atoms with Crippen molar-refractivity contribution < 1.29 is 13.7 Å². The Balaban J connectivity index is 1.61. The number of hydrogen-bond acceptors (Lipinski definition) is 7. The fraction of sp³-hybridized carbons (Fsp3) is 0.400. The molecule has 2 amide bonds. The van der Waals surface area contributed by atoms with Crippen molar-refractivity contribution in [2.45, 2.75) is 25.4 Å². The van der Waals surface area contributed by atoms with Gasteiger partial charge in [0.15, 0.2) is 0 Å². The van der Waals surface area contributed by atoms with Crippen molar-refractivity contribution in [3.05, 3.63) is 29.3 Å². The number of aromatic nitrogens is 2. The van der Waals surface area contributed by atoms with Crippen molar-refractivity contribution in [3.63, 3.8) is 0 Å². The van der Waals surface area contributed by atoms with E-state index in [1.54, 1.807) is 0 Å². The van der Waals surface area contributed by atoms with Crippen molar-refractivity contribution >= 4 is 33.5 Å². The minimum absolute atomic E-state index is 0.234. The lowest BCUT2D eigenvalue weighted by atomic mass is 10.1. The molecular weight excluding hydrogens is 362 g/mol. The molecule has 1 atom stereocenters. The molecule has 25 heavy (non-hydrogen) atoms. The van der Waals surface area contributed by atoms with Gasteiger partial charge in [-0.05, 0) is 31.9 Å². The molecule has 0 saturated heterocycles. The molecule has 136 valence electrons. The number of rotatable bonds is 8. The predicted octanol–water partition coefficient (Wildman–Crippen LogP) is 1.99. The van der Waals surface area contributed by atoms with E-state index in [1.165, 1.54) is 11.8 Å². The highest BCUT2D eigenvalue weighted by atomic mass is 32.2.